The van der Waals surface area contributed by atoms with Crippen molar-refractivity contribution in [3.05, 3.63) is 168 Å². The molecule has 1 saturated heterocycles. The number of amides is 2. The van der Waals surface area contributed by atoms with Gasteiger partial charge in [0.25, 0.3) is 0 Å². The Kier molecular flexibility index (Phi) is 5.27. The Morgan fingerprint density at radius 3 is 1.51 bits per heavy atom. The van der Waals surface area contributed by atoms with Crippen LogP contribution in [0.25, 0.3) is 5.43 Å². The number of hydrogen-bond acceptors (Lipinski definition) is 2. The van der Waals surface area contributed by atoms with Gasteiger partial charge in [-0.3, -0.25) is 9.80 Å². The molecule has 6 nitrogen and oxygen atoms in total. The Balaban J connectivity index is 1.64. The van der Waals surface area contributed by atoms with E-state index in [0.717, 1.165) is 28.2 Å². The highest BCUT2D eigenvalue weighted by Crippen LogP contribution is 2.64. The van der Waals surface area contributed by atoms with Crippen LogP contribution in [0.2, 0.25) is 0 Å². The molecule has 0 saturated carbocycles. The van der Waals surface area contributed by atoms with E-state index in [1.165, 1.54) is 0 Å². The Bertz CT molecular complexity index is 1650. The second-order valence-electron chi connectivity index (χ2n) is 9.53. The lowest BCUT2D eigenvalue weighted by molar-refractivity contribution is -0.457. The summed E-state index contributed by atoms with van der Waals surface area (Å²) in [5.41, 5.74) is 6.84. The van der Waals surface area contributed by atoms with Crippen LogP contribution >= 0.6 is 0 Å². The molecule has 39 heavy (non-hydrogen) atoms. The van der Waals surface area contributed by atoms with E-state index >= 15 is 0 Å². The molecule has 5 aromatic rings. The summed E-state index contributed by atoms with van der Waals surface area (Å²) in [7, 11) is 0. The van der Waals surface area contributed by atoms with Crippen molar-refractivity contribution < 1.29 is 9.60 Å². The smallest absolute Gasteiger partial charge is 0.276 e. The van der Waals surface area contributed by atoms with E-state index < -0.39 is 11.3 Å². The van der Waals surface area contributed by atoms with Gasteiger partial charge in [0.15, 0.2) is 11.3 Å². The molecule has 1 fully saturated rings. The molecule has 0 radical (unpaired) electrons. The molecule has 2 atom stereocenters. The lowest BCUT2D eigenvalue weighted by Crippen LogP contribution is -2.53. The highest BCUT2D eigenvalue weighted by atomic mass is 16.2. The molecule has 0 aliphatic carbocycles. The van der Waals surface area contributed by atoms with Gasteiger partial charge in [-0.2, -0.15) is 10.5 Å². The van der Waals surface area contributed by atoms with Crippen molar-refractivity contribution in [1.29, 1.82) is 0 Å². The van der Waals surface area contributed by atoms with Gasteiger partial charge >= 0.3 is 6.03 Å². The fourth-order valence-electron chi connectivity index (χ4n) is 5.76. The summed E-state index contributed by atoms with van der Waals surface area (Å²) in [6.07, 6.45) is 0. The van der Waals surface area contributed by atoms with Crippen molar-refractivity contribution in [3.63, 3.8) is 0 Å². The molecule has 2 unspecified atom stereocenters. The van der Waals surface area contributed by atoms with Crippen LogP contribution in [0.15, 0.2) is 157 Å². The second kappa shape index (κ2) is 8.96. The average Bonchev–Trinajstić information content (AvgIpc) is 3.47. The molecule has 0 aromatic heterocycles. The van der Waals surface area contributed by atoms with E-state index in [4.69, 9.17) is 10.5 Å². The third-order valence-electron chi connectivity index (χ3n) is 7.36. The molecule has 0 spiro atoms. The number of fused-ring (bicyclic) bond motifs is 1. The van der Waals surface area contributed by atoms with Crippen molar-refractivity contribution in [3.8, 4) is 0 Å². The Morgan fingerprint density at radius 2 is 0.974 bits per heavy atom. The number of azo groups is 1. The standard InChI is InChI=1S/C33H25N5O/c39-31-36(28-20-10-3-11-21-28)32(26-16-6-1-7-17-26)33(27-18-8-2-9-19-27,37(31)29-22-12-4-13-23-29)35-38(34-32)30-24-14-5-15-25-30/h1-25H. The predicted octanol–water partition coefficient (Wildman–Crippen LogP) is 7.94. The van der Waals surface area contributed by atoms with E-state index in [9.17, 15) is 4.79 Å². The molecule has 0 bridgehead atoms. The second-order valence-corrected chi connectivity index (χ2v) is 9.53. The number of hydrogen-bond donors (Lipinski definition) is 0. The third-order valence-corrected chi connectivity index (χ3v) is 7.36. The maximum atomic E-state index is 14.8. The van der Waals surface area contributed by atoms with Gasteiger partial charge in [-0.25, -0.2) is 4.79 Å². The van der Waals surface area contributed by atoms with Crippen LogP contribution in [0.1, 0.15) is 11.1 Å². The molecule has 2 amide bonds. The highest BCUT2D eigenvalue weighted by molar-refractivity contribution is 6.10. The predicted molar refractivity (Wildman–Crippen MR) is 152 cm³/mol. The SMILES string of the molecule is O=C1N(c2ccccc2)C2(c3ccccc3)N=[N+](c3ccccc3)[N-]C2(c2ccccc2)N1c1ccccc1. The van der Waals surface area contributed by atoms with Crippen molar-refractivity contribution >= 4 is 23.1 Å². The number of anilines is 2. The Labute approximate surface area is 227 Å². The summed E-state index contributed by atoms with van der Waals surface area (Å²) < 4.78 is 0. The highest BCUT2D eigenvalue weighted by Gasteiger charge is 2.71. The van der Waals surface area contributed by atoms with Gasteiger partial charge in [0.05, 0.1) is 0 Å². The molecule has 7 rings (SSSR count). The first kappa shape index (κ1) is 22.9. The number of rotatable bonds is 5. The molecule has 5 aromatic carbocycles. The van der Waals surface area contributed by atoms with Crippen LogP contribution in [0.5, 0.6) is 0 Å². The largest absolute Gasteiger partial charge is 0.330 e. The van der Waals surface area contributed by atoms with Gasteiger partial charge in [0, 0.05) is 23.5 Å². The Hall–Kier alpha value is -5.23. The lowest BCUT2D eigenvalue weighted by atomic mass is 9.81. The molecular formula is C33H25N5O. The number of benzene rings is 5. The van der Waals surface area contributed by atoms with Crippen LogP contribution in [0, 0.1) is 0 Å². The minimum atomic E-state index is -1.26. The molecule has 6 heteroatoms. The number of carbonyl (C=O) groups excluding carboxylic acids is 1. The van der Waals surface area contributed by atoms with Crippen molar-refractivity contribution in [1.82, 2.24) is 0 Å². The topological polar surface area (TPSA) is 53.0 Å². The molecular weight excluding hydrogens is 482 g/mol. The minimum absolute atomic E-state index is 0.208. The number of urea groups is 1. The van der Waals surface area contributed by atoms with E-state index in [1.807, 2.05) is 152 Å². The van der Waals surface area contributed by atoms with E-state index in [2.05, 4.69) is 0 Å². The zero-order valence-electron chi connectivity index (χ0n) is 21.1. The monoisotopic (exact) mass is 507 g/mol. The van der Waals surface area contributed by atoms with E-state index in [1.54, 1.807) is 14.6 Å². The van der Waals surface area contributed by atoms with Crippen molar-refractivity contribution in [2.24, 2.45) is 5.11 Å². The van der Waals surface area contributed by atoms with Gasteiger partial charge in [-0.15, -0.1) is 4.81 Å². The maximum absolute atomic E-state index is 14.8. The molecule has 188 valence electrons. The maximum Gasteiger partial charge on any atom is 0.330 e. The molecule has 0 N–H and O–H groups in total. The van der Waals surface area contributed by atoms with Crippen LogP contribution in [-0.2, 0) is 11.3 Å². The molecule has 2 aliphatic rings. The van der Waals surface area contributed by atoms with Crippen molar-refractivity contribution in [2.45, 2.75) is 11.3 Å². The van der Waals surface area contributed by atoms with Gasteiger partial charge < -0.3 is 0 Å². The summed E-state index contributed by atoms with van der Waals surface area (Å²) in [6, 6.07) is 49.1. The minimum Gasteiger partial charge on any atom is -0.276 e. The summed E-state index contributed by atoms with van der Waals surface area (Å²) in [4.78, 5) is 20.1. The Morgan fingerprint density at radius 1 is 0.538 bits per heavy atom. The first-order valence-electron chi connectivity index (χ1n) is 12.9. The average molecular weight is 508 g/mol. The summed E-state index contributed by atoms with van der Waals surface area (Å²) in [5, 5.41) is 5.38. The quantitative estimate of drug-likeness (QED) is 0.223. The van der Waals surface area contributed by atoms with Gasteiger partial charge in [0.1, 0.15) is 0 Å². The number of nitrogens with zero attached hydrogens (tertiary/aromatic N) is 5. The van der Waals surface area contributed by atoms with Gasteiger partial charge in [-0.1, -0.05) is 115 Å². The fourth-order valence-corrected chi connectivity index (χ4v) is 5.76. The first-order chi connectivity index (χ1) is 19.3. The van der Waals surface area contributed by atoms with Gasteiger partial charge in [-0.05, 0) is 35.4 Å². The zero-order valence-corrected chi connectivity index (χ0v) is 21.1. The normalized spacial score (nSPS) is 21.8. The van der Waals surface area contributed by atoms with Crippen molar-refractivity contribution in [2.75, 3.05) is 9.80 Å². The molecule has 2 heterocycles. The van der Waals surface area contributed by atoms with E-state index in [-0.39, 0.29) is 6.03 Å². The van der Waals surface area contributed by atoms with Crippen LogP contribution in [0.3, 0.4) is 0 Å². The summed E-state index contributed by atoms with van der Waals surface area (Å²) in [6.45, 7) is 0. The number of carbonyl (C=O) groups is 1. The van der Waals surface area contributed by atoms with E-state index in [0.29, 0.717) is 0 Å². The fraction of sp³-hybridized carbons (Fsp3) is 0.0606. The van der Waals surface area contributed by atoms with Gasteiger partial charge in [0.2, 0.25) is 5.69 Å². The van der Waals surface area contributed by atoms with Crippen LogP contribution in [-0.4, -0.2) is 10.8 Å². The lowest BCUT2D eigenvalue weighted by Gasteiger charge is -2.45. The van der Waals surface area contributed by atoms with Crippen LogP contribution in [0.4, 0.5) is 21.9 Å². The molecule has 2 aliphatic heterocycles. The first-order valence-corrected chi connectivity index (χ1v) is 12.9. The zero-order chi connectivity index (χ0) is 26.3. The third kappa shape index (κ3) is 3.25. The number of para-hydroxylation sites is 3. The summed E-state index contributed by atoms with van der Waals surface area (Å²) >= 11 is 0. The van der Waals surface area contributed by atoms with Crippen LogP contribution < -0.4 is 9.80 Å². The summed E-state index contributed by atoms with van der Waals surface area (Å²) in [5.74, 6) is 0.